The first-order valence-electron chi connectivity index (χ1n) is 8.87. The molecule has 0 radical (unpaired) electrons. The smallest absolute Gasteiger partial charge is 0.155 e. The van der Waals surface area contributed by atoms with E-state index in [0.717, 1.165) is 12.0 Å². The minimum atomic E-state index is -1.72. The molecule has 4 heteroatoms. The van der Waals surface area contributed by atoms with Crippen molar-refractivity contribution in [2.45, 2.75) is 70.6 Å². The van der Waals surface area contributed by atoms with Crippen LogP contribution in [0.4, 0.5) is 4.39 Å². The average molecular weight is 320 g/mol. The van der Waals surface area contributed by atoms with Gasteiger partial charge < -0.3 is 5.11 Å². The number of aliphatic hydroxyl groups excluding tert-OH is 1. The molecule has 0 aromatic heterocycles. The van der Waals surface area contributed by atoms with Crippen LogP contribution in [0, 0.1) is 22.7 Å². The van der Waals surface area contributed by atoms with Crippen LogP contribution in [0.2, 0.25) is 0 Å². The van der Waals surface area contributed by atoms with Gasteiger partial charge in [0.1, 0.15) is 11.5 Å². The molecule has 3 saturated carbocycles. The van der Waals surface area contributed by atoms with Gasteiger partial charge in [0.15, 0.2) is 5.78 Å². The summed E-state index contributed by atoms with van der Waals surface area (Å²) in [6.45, 7) is 3.81. The Bertz CT molecular complexity index is 626. The van der Waals surface area contributed by atoms with Crippen LogP contribution in [0.3, 0.4) is 0 Å². The molecule has 0 aromatic carbocycles. The molecule has 0 bridgehead atoms. The fraction of sp³-hybridized carbons (Fsp3) is 0.789. The Labute approximate surface area is 136 Å². The molecule has 126 valence electrons. The summed E-state index contributed by atoms with van der Waals surface area (Å²) < 4.78 is 16.5. The summed E-state index contributed by atoms with van der Waals surface area (Å²) in [7, 11) is 0. The van der Waals surface area contributed by atoms with E-state index in [2.05, 4.69) is 0 Å². The number of halogens is 1. The maximum absolute atomic E-state index is 16.5. The molecule has 23 heavy (non-hydrogen) atoms. The highest BCUT2D eigenvalue weighted by Gasteiger charge is 2.70. The predicted molar refractivity (Wildman–Crippen MR) is 83.5 cm³/mol. The number of hydrogen-bond acceptors (Lipinski definition) is 3. The lowest BCUT2D eigenvalue weighted by molar-refractivity contribution is -0.202. The summed E-state index contributed by atoms with van der Waals surface area (Å²) in [4.78, 5) is 24.1. The van der Waals surface area contributed by atoms with Crippen LogP contribution in [0.5, 0.6) is 0 Å². The zero-order chi connectivity index (χ0) is 16.6. The van der Waals surface area contributed by atoms with E-state index in [4.69, 9.17) is 0 Å². The highest BCUT2D eigenvalue weighted by Crippen LogP contribution is 2.67. The number of rotatable bonds is 0. The summed E-state index contributed by atoms with van der Waals surface area (Å²) in [5.41, 5.74) is -2.18. The van der Waals surface area contributed by atoms with Gasteiger partial charge in [0.05, 0.1) is 6.10 Å². The first kappa shape index (κ1) is 15.5. The highest BCUT2D eigenvalue weighted by atomic mass is 19.1. The minimum absolute atomic E-state index is 0.0272. The van der Waals surface area contributed by atoms with Crippen molar-refractivity contribution < 1.29 is 19.1 Å². The number of fused-ring (bicyclic) bond motifs is 5. The molecule has 0 amide bonds. The summed E-state index contributed by atoms with van der Waals surface area (Å²) in [5.74, 6) is 0.0112. The molecule has 4 aliphatic carbocycles. The van der Waals surface area contributed by atoms with Crippen molar-refractivity contribution in [1.29, 1.82) is 0 Å². The summed E-state index contributed by atoms with van der Waals surface area (Å²) in [6, 6.07) is 0. The molecule has 4 rings (SSSR count). The molecule has 0 heterocycles. The number of carbonyl (C=O) groups is 2. The molecule has 3 fully saturated rings. The Morgan fingerprint density at radius 1 is 1.13 bits per heavy atom. The molecule has 1 N–H and O–H groups in total. The van der Waals surface area contributed by atoms with E-state index in [1.54, 1.807) is 6.08 Å². The Hall–Kier alpha value is -1.03. The number of ketones is 2. The van der Waals surface area contributed by atoms with Gasteiger partial charge in [-0.1, -0.05) is 19.4 Å². The largest absolute Gasteiger partial charge is 0.390 e. The third-order valence-electron chi connectivity index (χ3n) is 7.75. The number of alkyl halides is 1. The second-order valence-corrected chi connectivity index (χ2v) is 8.59. The predicted octanol–water partition coefficient (Wildman–Crippen LogP) is 3.15. The normalized spacial score (nSPS) is 52.5. The zero-order valence-electron chi connectivity index (χ0n) is 13.9. The number of Topliss-reactive ketones (excluding diaryl/α,β-unsaturated/α-hetero) is 1. The van der Waals surface area contributed by atoms with Crippen LogP contribution in [0.1, 0.15) is 58.8 Å². The zero-order valence-corrected chi connectivity index (χ0v) is 13.9. The van der Waals surface area contributed by atoms with Gasteiger partial charge in [-0.15, -0.1) is 0 Å². The van der Waals surface area contributed by atoms with Gasteiger partial charge in [-0.3, -0.25) is 9.59 Å². The van der Waals surface area contributed by atoms with Crippen LogP contribution in [0.15, 0.2) is 11.6 Å². The number of aliphatic hydroxyl groups is 1. The molecule has 6 atom stereocenters. The monoisotopic (exact) mass is 320 g/mol. The average Bonchev–Trinajstić information content (AvgIpc) is 2.77. The van der Waals surface area contributed by atoms with E-state index >= 15 is 4.39 Å². The fourth-order valence-corrected chi connectivity index (χ4v) is 6.34. The van der Waals surface area contributed by atoms with E-state index in [-0.39, 0.29) is 29.8 Å². The van der Waals surface area contributed by atoms with E-state index in [1.807, 2.05) is 13.8 Å². The highest BCUT2D eigenvalue weighted by molar-refractivity contribution is 5.92. The Balaban J connectivity index is 1.83. The van der Waals surface area contributed by atoms with Gasteiger partial charge in [0, 0.05) is 29.6 Å². The Morgan fingerprint density at radius 2 is 1.83 bits per heavy atom. The van der Waals surface area contributed by atoms with E-state index in [1.165, 1.54) is 0 Å². The van der Waals surface area contributed by atoms with Crippen molar-refractivity contribution in [1.82, 2.24) is 0 Å². The Morgan fingerprint density at radius 3 is 2.57 bits per heavy atom. The van der Waals surface area contributed by atoms with Crippen molar-refractivity contribution in [3.63, 3.8) is 0 Å². The Kier molecular flexibility index (Phi) is 3.05. The van der Waals surface area contributed by atoms with Crippen LogP contribution in [0.25, 0.3) is 0 Å². The van der Waals surface area contributed by atoms with E-state index in [9.17, 15) is 14.7 Å². The molecule has 0 aromatic rings. The van der Waals surface area contributed by atoms with Crippen molar-refractivity contribution in [2.24, 2.45) is 22.7 Å². The third-order valence-corrected chi connectivity index (χ3v) is 7.75. The van der Waals surface area contributed by atoms with Gasteiger partial charge >= 0.3 is 0 Å². The minimum Gasteiger partial charge on any atom is -0.390 e. The van der Waals surface area contributed by atoms with E-state index in [0.29, 0.717) is 32.1 Å². The first-order chi connectivity index (χ1) is 10.7. The van der Waals surface area contributed by atoms with Crippen molar-refractivity contribution in [3.8, 4) is 0 Å². The number of allylic oxidation sites excluding steroid dienone is 1. The lowest BCUT2D eigenvalue weighted by atomic mass is 9.45. The van der Waals surface area contributed by atoms with Crippen molar-refractivity contribution in [2.75, 3.05) is 0 Å². The molecule has 0 spiro atoms. The van der Waals surface area contributed by atoms with Gasteiger partial charge in [0.25, 0.3) is 0 Å². The number of carbonyl (C=O) groups excluding carboxylic acids is 2. The maximum Gasteiger partial charge on any atom is 0.155 e. The lowest BCUT2D eigenvalue weighted by Crippen LogP contribution is -2.67. The molecular weight excluding hydrogens is 295 g/mol. The van der Waals surface area contributed by atoms with Gasteiger partial charge in [-0.2, -0.15) is 0 Å². The SMILES string of the molecule is C[C@]12CCC(=O)C=C1CC[C@H]1[C@@H]3CCC(=O)[C@@]3(C)CC(O)[C@]12F. The summed E-state index contributed by atoms with van der Waals surface area (Å²) in [5, 5.41) is 10.8. The molecular formula is C19H25FO3. The van der Waals surface area contributed by atoms with Crippen LogP contribution in [-0.4, -0.2) is 28.4 Å². The third kappa shape index (κ3) is 1.68. The quantitative estimate of drug-likeness (QED) is 0.746. The van der Waals surface area contributed by atoms with Crippen LogP contribution in [-0.2, 0) is 9.59 Å². The summed E-state index contributed by atoms with van der Waals surface area (Å²) >= 11 is 0. The first-order valence-corrected chi connectivity index (χ1v) is 8.87. The second-order valence-electron chi connectivity index (χ2n) is 8.59. The maximum atomic E-state index is 16.5. The molecule has 1 unspecified atom stereocenters. The molecule has 3 nitrogen and oxygen atoms in total. The lowest BCUT2D eigenvalue weighted by Gasteiger charge is -2.62. The summed E-state index contributed by atoms with van der Waals surface area (Å²) in [6.07, 6.45) is 4.15. The standard InChI is InChI=1S/C19H25FO3/c1-17-10-16(23)19(20)14(13(17)5-6-15(17)22)4-3-11-9-12(21)7-8-18(11,19)2/h9,13-14,16,23H,3-8,10H2,1-2H3/t13-,14-,16?,17-,18-,19+/m0/s1. The number of hydrogen-bond donors (Lipinski definition) is 1. The topological polar surface area (TPSA) is 54.4 Å². The van der Waals surface area contributed by atoms with Crippen LogP contribution >= 0.6 is 0 Å². The molecule has 4 aliphatic rings. The van der Waals surface area contributed by atoms with Gasteiger partial charge in [-0.05, 0) is 44.1 Å². The second kappa shape index (κ2) is 4.53. The molecule has 0 saturated heterocycles. The van der Waals surface area contributed by atoms with Crippen molar-refractivity contribution >= 4 is 11.6 Å². The molecule has 0 aliphatic heterocycles. The van der Waals surface area contributed by atoms with Gasteiger partial charge in [-0.25, -0.2) is 4.39 Å². The van der Waals surface area contributed by atoms with E-state index < -0.39 is 22.6 Å². The van der Waals surface area contributed by atoms with Gasteiger partial charge in [0.2, 0.25) is 0 Å². The van der Waals surface area contributed by atoms with Crippen molar-refractivity contribution in [3.05, 3.63) is 11.6 Å². The van der Waals surface area contributed by atoms with Crippen LogP contribution < -0.4 is 0 Å². The fourth-order valence-electron chi connectivity index (χ4n) is 6.34.